The van der Waals surface area contributed by atoms with Crippen LogP contribution in [0.4, 0.5) is 0 Å². The molecule has 1 fully saturated rings. The van der Waals surface area contributed by atoms with Crippen LogP contribution in [0.2, 0.25) is 0 Å². The molecule has 4 heteroatoms. The first-order valence-corrected chi connectivity index (χ1v) is 7.32. The number of likely N-dealkylation sites (tertiary alicyclic amines) is 1. The molecule has 1 aromatic rings. The van der Waals surface area contributed by atoms with Crippen LogP contribution < -0.4 is 10.5 Å². The molecule has 0 saturated carbocycles. The predicted molar refractivity (Wildman–Crippen MR) is 79.8 cm³/mol. The van der Waals surface area contributed by atoms with E-state index >= 15 is 0 Å². The van der Waals surface area contributed by atoms with E-state index in [0.29, 0.717) is 12.5 Å². The third kappa shape index (κ3) is 3.97. The fourth-order valence-electron chi connectivity index (χ4n) is 2.42. The Kier molecular flexibility index (Phi) is 5.01. The fourth-order valence-corrected chi connectivity index (χ4v) is 2.42. The van der Waals surface area contributed by atoms with E-state index < -0.39 is 0 Å². The molecule has 0 spiro atoms. The van der Waals surface area contributed by atoms with E-state index in [1.54, 1.807) is 4.90 Å². The molecule has 1 aromatic carbocycles. The predicted octanol–water partition coefficient (Wildman–Crippen LogP) is 2.14. The van der Waals surface area contributed by atoms with E-state index in [9.17, 15) is 4.79 Å². The molecule has 1 aliphatic rings. The van der Waals surface area contributed by atoms with Crippen molar-refractivity contribution < 1.29 is 9.53 Å². The normalized spacial score (nSPS) is 19.2. The van der Waals surface area contributed by atoms with Gasteiger partial charge in [0.1, 0.15) is 5.75 Å². The van der Waals surface area contributed by atoms with Gasteiger partial charge >= 0.3 is 0 Å². The van der Waals surface area contributed by atoms with E-state index in [4.69, 9.17) is 10.5 Å². The standard InChI is InChI=1S/C16H24N2O2/c1-12(2)13-5-7-15(8-6-13)20-11-16(19)18-9-3-4-14(17)10-18/h5-8,12,14H,3-4,9-11,17H2,1-2H3. The van der Waals surface area contributed by atoms with Gasteiger partial charge in [0.25, 0.3) is 5.91 Å². The minimum absolute atomic E-state index is 0.0214. The minimum atomic E-state index is 0.0214. The zero-order valence-electron chi connectivity index (χ0n) is 12.3. The van der Waals surface area contributed by atoms with E-state index in [2.05, 4.69) is 13.8 Å². The Hall–Kier alpha value is -1.55. The summed E-state index contributed by atoms with van der Waals surface area (Å²) in [5, 5.41) is 0. The van der Waals surface area contributed by atoms with Gasteiger partial charge in [0, 0.05) is 19.1 Å². The van der Waals surface area contributed by atoms with Gasteiger partial charge in [-0.25, -0.2) is 0 Å². The van der Waals surface area contributed by atoms with Gasteiger partial charge in [0.2, 0.25) is 0 Å². The molecule has 4 nitrogen and oxygen atoms in total. The lowest BCUT2D eigenvalue weighted by Gasteiger charge is -2.30. The lowest BCUT2D eigenvalue weighted by molar-refractivity contribution is -0.134. The second-order valence-corrected chi connectivity index (χ2v) is 5.75. The van der Waals surface area contributed by atoms with Crippen molar-refractivity contribution in [2.75, 3.05) is 19.7 Å². The topological polar surface area (TPSA) is 55.6 Å². The van der Waals surface area contributed by atoms with Crippen LogP contribution in [0.25, 0.3) is 0 Å². The molecule has 1 atom stereocenters. The highest BCUT2D eigenvalue weighted by Crippen LogP contribution is 2.18. The summed E-state index contributed by atoms with van der Waals surface area (Å²) in [6, 6.07) is 8.04. The van der Waals surface area contributed by atoms with Crippen LogP contribution in [0.5, 0.6) is 5.75 Å². The zero-order valence-corrected chi connectivity index (χ0v) is 12.3. The first-order chi connectivity index (χ1) is 9.56. The first-order valence-electron chi connectivity index (χ1n) is 7.32. The maximum Gasteiger partial charge on any atom is 0.260 e. The molecule has 0 radical (unpaired) electrons. The molecule has 0 aromatic heterocycles. The Labute approximate surface area is 120 Å². The number of ether oxygens (including phenoxy) is 1. The van der Waals surface area contributed by atoms with Gasteiger partial charge in [0.15, 0.2) is 6.61 Å². The van der Waals surface area contributed by atoms with Crippen molar-refractivity contribution in [3.8, 4) is 5.75 Å². The van der Waals surface area contributed by atoms with Crippen molar-refractivity contribution in [2.24, 2.45) is 5.73 Å². The molecule has 1 unspecified atom stereocenters. The summed E-state index contributed by atoms with van der Waals surface area (Å²) in [4.78, 5) is 13.8. The number of carbonyl (C=O) groups excluding carboxylic acids is 1. The molecular weight excluding hydrogens is 252 g/mol. The average Bonchev–Trinajstić information content (AvgIpc) is 2.45. The highest BCUT2D eigenvalue weighted by Gasteiger charge is 2.21. The highest BCUT2D eigenvalue weighted by atomic mass is 16.5. The number of benzene rings is 1. The summed E-state index contributed by atoms with van der Waals surface area (Å²) >= 11 is 0. The summed E-state index contributed by atoms with van der Waals surface area (Å²) in [5.41, 5.74) is 7.15. The number of amides is 1. The number of hydrogen-bond acceptors (Lipinski definition) is 3. The molecule has 0 bridgehead atoms. The maximum atomic E-state index is 12.0. The van der Waals surface area contributed by atoms with Crippen molar-refractivity contribution in [1.82, 2.24) is 4.90 Å². The monoisotopic (exact) mass is 276 g/mol. The van der Waals surface area contributed by atoms with E-state index in [1.165, 1.54) is 5.56 Å². The second kappa shape index (κ2) is 6.75. The van der Waals surface area contributed by atoms with Gasteiger partial charge in [-0.1, -0.05) is 26.0 Å². The molecule has 0 aliphatic carbocycles. The van der Waals surface area contributed by atoms with Crippen molar-refractivity contribution in [1.29, 1.82) is 0 Å². The van der Waals surface area contributed by atoms with E-state index in [0.717, 1.165) is 25.1 Å². The quantitative estimate of drug-likeness (QED) is 0.916. The van der Waals surface area contributed by atoms with Gasteiger partial charge in [-0.15, -0.1) is 0 Å². The third-order valence-electron chi connectivity index (χ3n) is 3.72. The molecule has 2 N–H and O–H groups in total. The SMILES string of the molecule is CC(C)c1ccc(OCC(=O)N2CCCC(N)C2)cc1. The lowest BCUT2D eigenvalue weighted by atomic mass is 10.0. The van der Waals surface area contributed by atoms with Crippen molar-refractivity contribution in [3.63, 3.8) is 0 Å². The Bertz CT molecular complexity index is 442. The molecule has 1 amide bonds. The maximum absolute atomic E-state index is 12.0. The Balaban J connectivity index is 1.83. The third-order valence-corrected chi connectivity index (χ3v) is 3.72. The second-order valence-electron chi connectivity index (χ2n) is 5.75. The van der Waals surface area contributed by atoms with Crippen molar-refractivity contribution >= 4 is 5.91 Å². The summed E-state index contributed by atoms with van der Waals surface area (Å²) in [5.74, 6) is 1.26. The number of carbonyl (C=O) groups is 1. The smallest absolute Gasteiger partial charge is 0.260 e. The van der Waals surface area contributed by atoms with Crippen molar-refractivity contribution in [2.45, 2.75) is 38.6 Å². The zero-order chi connectivity index (χ0) is 14.5. The van der Waals surface area contributed by atoms with Crippen LogP contribution in [-0.2, 0) is 4.79 Å². The number of nitrogens with zero attached hydrogens (tertiary/aromatic N) is 1. The largest absolute Gasteiger partial charge is 0.484 e. The van der Waals surface area contributed by atoms with Crippen molar-refractivity contribution in [3.05, 3.63) is 29.8 Å². The number of rotatable bonds is 4. The number of nitrogens with two attached hydrogens (primary N) is 1. The highest BCUT2D eigenvalue weighted by molar-refractivity contribution is 5.77. The van der Waals surface area contributed by atoms with E-state index in [1.807, 2.05) is 24.3 Å². The summed E-state index contributed by atoms with van der Waals surface area (Å²) in [6.07, 6.45) is 1.98. The summed E-state index contributed by atoms with van der Waals surface area (Å²) < 4.78 is 5.56. The lowest BCUT2D eigenvalue weighted by Crippen LogP contribution is -2.47. The van der Waals surface area contributed by atoms with Gasteiger partial charge in [0.05, 0.1) is 0 Å². The summed E-state index contributed by atoms with van der Waals surface area (Å²) in [6.45, 7) is 5.84. The molecule has 1 heterocycles. The first kappa shape index (κ1) is 14.9. The average molecular weight is 276 g/mol. The van der Waals surface area contributed by atoms with Crippen LogP contribution in [0.3, 0.4) is 0 Å². The van der Waals surface area contributed by atoms with Crippen LogP contribution in [0.1, 0.15) is 38.2 Å². The van der Waals surface area contributed by atoms with E-state index in [-0.39, 0.29) is 18.6 Å². The van der Waals surface area contributed by atoms with Crippen LogP contribution in [0, 0.1) is 0 Å². The molecule has 1 saturated heterocycles. The Morgan fingerprint density at radius 3 is 2.70 bits per heavy atom. The minimum Gasteiger partial charge on any atom is -0.484 e. The summed E-state index contributed by atoms with van der Waals surface area (Å²) in [7, 11) is 0. The van der Waals surface area contributed by atoms with Crippen LogP contribution >= 0.6 is 0 Å². The van der Waals surface area contributed by atoms with Crippen LogP contribution in [0.15, 0.2) is 24.3 Å². The van der Waals surface area contributed by atoms with Gasteiger partial charge in [-0.05, 0) is 36.5 Å². The molecule has 20 heavy (non-hydrogen) atoms. The van der Waals surface area contributed by atoms with Gasteiger partial charge in [-0.2, -0.15) is 0 Å². The van der Waals surface area contributed by atoms with Gasteiger partial charge < -0.3 is 15.4 Å². The van der Waals surface area contributed by atoms with Gasteiger partial charge in [-0.3, -0.25) is 4.79 Å². The molecule has 2 rings (SSSR count). The van der Waals surface area contributed by atoms with Crippen LogP contribution in [-0.4, -0.2) is 36.5 Å². The number of hydrogen-bond donors (Lipinski definition) is 1. The molecule has 110 valence electrons. The Morgan fingerprint density at radius 1 is 1.40 bits per heavy atom. The number of piperidine rings is 1. The fraction of sp³-hybridized carbons (Fsp3) is 0.562. The Morgan fingerprint density at radius 2 is 2.10 bits per heavy atom. The molecular formula is C16H24N2O2. The molecule has 1 aliphatic heterocycles.